The van der Waals surface area contributed by atoms with Crippen LogP contribution in [-0.4, -0.2) is 54.2 Å². The minimum atomic E-state index is -0.134. The van der Waals surface area contributed by atoms with Crippen molar-refractivity contribution >= 4 is 0 Å². The maximum Gasteiger partial charge on any atom is 0.0633 e. The summed E-state index contributed by atoms with van der Waals surface area (Å²) in [4.78, 5) is 4.96. The largest absolute Gasteiger partial charge is 0.392 e. The normalized spacial score (nSPS) is 29.5. The molecule has 2 atom stereocenters. The lowest BCUT2D eigenvalue weighted by Gasteiger charge is -2.50. The van der Waals surface area contributed by atoms with E-state index in [0.717, 1.165) is 45.6 Å². The van der Waals surface area contributed by atoms with E-state index >= 15 is 0 Å². The molecule has 1 spiro atoms. The number of hydrogen-bond acceptors (Lipinski definition) is 3. The van der Waals surface area contributed by atoms with Gasteiger partial charge in [-0.2, -0.15) is 0 Å². The Kier molecular flexibility index (Phi) is 5.63. The summed E-state index contributed by atoms with van der Waals surface area (Å²) in [5.74, 6) is 0.711. The minimum absolute atomic E-state index is 0.0861. The van der Waals surface area contributed by atoms with Crippen molar-refractivity contribution in [3.63, 3.8) is 0 Å². The summed E-state index contributed by atoms with van der Waals surface area (Å²) in [7, 11) is 2.19. The molecule has 1 aromatic rings. The van der Waals surface area contributed by atoms with Gasteiger partial charge in [0, 0.05) is 31.6 Å². The lowest BCUT2D eigenvalue weighted by Crippen LogP contribution is -2.58. The Morgan fingerprint density at radius 2 is 1.83 bits per heavy atom. The van der Waals surface area contributed by atoms with Gasteiger partial charge < -0.3 is 10.0 Å². The summed E-state index contributed by atoms with van der Waals surface area (Å²) in [6.07, 6.45) is 4.32. The van der Waals surface area contributed by atoms with E-state index in [-0.39, 0.29) is 11.5 Å². The highest BCUT2D eigenvalue weighted by Gasteiger charge is 2.44. The molecule has 1 aromatic carbocycles. The van der Waals surface area contributed by atoms with E-state index in [1.165, 1.54) is 24.0 Å². The van der Waals surface area contributed by atoms with E-state index in [9.17, 15) is 5.11 Å². The summed E-state index contributed by atoms with van der Waals surface area (Å²) in [5, 5.41) is 10.7. The van der Waals surface area contributed by atoms with Crippen LogP contribution < -0.4 is 0 Å². The summed E-state index contributed by atoms with van der Waals surface area (Å²) < 4.78 is 0. The molecule has 0 saturated carbocycles. The van der Waals surface area contributed by atoms with Crippen LogP contribution in [0.15, 0.2) is 24.3 Å². The number of benzene rings is 1. The van der Waals surface area contributed by atoms with Crippen LogP contribution in [0, 0.1) is 11.3 Å². The van der Waals surface area contributed by atoms with Gasteiger partial charge >= 0.3 is 0 Å². The van der Waals surface area contributed by atoms with Gasteiger partial charge in [0.25, 0.3) is 0 Å². The van der Waals surface area contributed by atoms with Crippen LogP contribution in [0.4, 0.5) is 0 Å². The number of rotatable bonds is 4. The number of nitrogens with zero attached hydrogens (tertiary/aromatic N) is 2. The van der Waals surface area contributed by atoms with Gasteiger partial charge in [-0.1, -0.05) is 38.1 Å². The number of piperidine rings is 2. The van der Waals surface area contributed by atoms with Crippen molar-refractivity contribution in [2.75, 3.05) is 33.2 Å². The Balaban J connectivity index is 1.63. The van der Waals surface area contributed by atoms with Crippen molar-refractivity contribution in [2.45, 2.75) is 52.2 Å². The van der Waals surface area contributed by atoms with Crippen LogP contribution in [0.1, 0.15) is 44.2 Å². The fourth-order valence-corrected chi connectivity index (χ4v) is 4.68. The average Bonchev–Trinajstić information content (AvgIpc) is 2.53. The number of aliphatic hydroxyl groups is 1. The molecule has 3 rings (SSSR count). The molecule has 134 valence electrons. The van der Waals surface area contributed by atoms with Gasteiger partial charge in [-0.05, 0) is 56.3 Å². The summed E-state index contributed by atoms with van der Waals surface area (Å²) in [6.45, 7) is 9.82. The molecule has 2 aliphatic rings. The first kappa shape index (κ1) is 17.9. The van der Waals surface area contributed by atoms with E-state index in [2.05, 4.69) is 55.0 Å². The van der Waals surface area contributed by atoms with Gasteiger partial charge in [0.1, 0.15) is 0 Å². The first-order valence-electron chi connectivity index (χ1n) is 9.64. The maximum atomic E-state index is 10.7. The second-order valence-electron chi connectivity index (χ2n) is 8.63. The molecule has 1 N–H and O–H groups in total. The zero-order chi connectivity index (χ0) is 17.2. The smallest absolute Gasteiger partial charge is 0.0633 e. The lowest BCUT2D eigenvalue weighted by molar-refractivity contribution is -0.0807. The summed E-state index contributed by atoms with van der Waals surface area (Å²) in [6, 6.07) is 9.17. The molecule has 2 aliphatic heterocycles. The van der Waals surface area contributed by atoms with Crippen molar-refractivity contribution in [1.82, 2.24) is 9.80 Å². The molecule has 0 unspecified atom stereocenters. The highest BCUT2D eigenvalue weighted by molar-refractivity contribution is 5.23. The Labute approximate surface area is 147 Å². The first-order valence-corrected chi connectivity index (χ1v) is 9.64. The monoisotopic (exact) mass is 330 g/mol. The van der Waals surface area contributed by atoms with Gasteiger partial charge in [0.15, 0.2) is 0 Å². The van der Waals surface area contributed by atoms with Crippen molar-refractivity contribution < 1.29 is 5.11 Å². The highest BCUT2D eigenvalue weighted by Crippen LogP contribution is 2.38. The van der Waals surface area contributed by atoms with Gasteiger partial charge in [0.05, 0.1) is 6.10 Å². The topological polar surface area (TPSA) is 26.7 Å². The fraction of sp³-hybridized carbons (Fsp3) is 0.714. The second kappa shape index (κ2) is 7.55. The Morgan fingerprint density at radius 3 is 2.54 bits per heavy atom. The third-order valence-corrected chi connectivity index (χ3v) is 5.84. The molecule has 0 aromatic heterocycles. The predicted molar refractivity (Wildman–Crippen MR) is 100 cm³/mol. The molecule has 2 heterocycles. The van der Waals surface area contributed by atoms with Crippen molar-refractivity contribution in [2.24, 2.45) is 11.3 Å². The third kappa shape index (κ3) is 4.19. The Bertz CT molecular complexity index is 527. The fourth-order valence-electron chi connectivity index (χ4n) is 4.68. The van der Waals surface area contributed by atoms with E-state index in [0.29, 0.717) is 5.92 Å². The third-order valence-electron chi connectivity index (χ3n) is 5.84. The van der Waals surface area contributed by atoms with E-state index in [1.807, 2.05) is 0 Å². The molecular weight excluding hydrogens is 296 g/mol. The van der Waals surface area contributed by atoms with Crippen molar-refractivity contribution in [3.8, 4) is 0 Å². The molecule has 0 radical (unpaired) electrons. The zero-order valence-corrected chi connectivity index (χ0v) is 15.7. The molecule has 2 fully saturated rings. The standard InChI is InChI=1S/C21H34N2O/c1-17(2)13-18-5-7-19(8-6-18)14-23-11-4-10-21(16-23)15-22(3)12-9-20(21)24/h5-8,17,20,24H,4,9-16H2,1-3H3/t20-,21-/m0/s1. The van der Waals surface area contributed by atoms with E-state index in [4.69, 9.17) is 0 Å². The molecule has 24 heavy (non-hydrogen) atoms. The van der Waals surface area contributed by atoms with Crippen molar-refractivity contribution in [3.05, 3.63) is 35.4 Å². The van der Waals surface area contributed by atoms with Crippen LogP contribution in [-0.2, 0) is 13.0 Å². The predicted octanol–water partition coefficient (Wildman–Crippen LogP) is 3.16. The SMILES string of the molecule is CC(C)Cc1ccc(CN2CCC[C@]3(CN(C)CC[C@@H]3O)C2)cc1. The Hall–Kier alpha value is -0.900. The van der Waals surface area contributed by atoms with E-state index < -0.39 is 0 Å². The second-order valence-corrected chi connectivity index (χ2v) is 8.63. The number of likely N-dealkylation sites (tertiary alicyclic amines) is 2. The van der Waals surface area contributed by atoms with Gasteiger partial charge in [-0.25, -0.2) is 0 Å². The quantitative estimate of drug-likeness (QED) is 0.918. The van der Waals surface area contributed by atoms with Gasteiger partial charge in [-0.3, -0.25) is 4.90 Å². The van der Waals surface area contributed by atoms with Crippen LogP contribution in [0.3, 0.4) is 0 Å². The number of hydrogen-bond donors (Lipinski definition) is 1. The average molecular weight is 331 g/mol. The van der Waals surface area contributed by atoms with Crippen molar-refractivity contribution in [1.29, 1.82) is 0 Å². The minimum Gasteiger partial charge on any atom is -0.392 e. The summed E-state index contributed by atoms with van der Waals surface area (Å²) >= 11 is 0. The van der Waals surface area contributed by atoms with Gasteiger partial charge in [0.2, 0.25) is 0 Å². The zero-order valence-electron chi connectivity index (χ0n) is 15.7. The first-order chi connectivity index (χ1) is 11.5. The molecule has 2 saturated heterocycles. The maximum absolute atomic E-state index is 10.7. The molecule has 3 nitrogen and oxygen atoms in total. The van der Waals surface area contributed by atoms with Crippen LogP contribution >= 0.6 is 0 Å². The molecule has 0 aliphatic carbocycles. The molecule has 0 amide bonds. The lowest BCUT2D eigenvalue weighted by atomic mass is 9.71. The number of aliphatic hydroxyl groups excluding tert-OH is 1. The van der Waals surface area contributed by atoms with Gasteiger partial charge in [-0.15, -0.1) is 0 Å². The Morgan fingerprint density at radius 1 is 1.12 bits per heavy atom. The van der Waals surface area contributed by atoms with E-state index in [1.54, 1.807) is 0 Å². The van der Waals surface area contributed by atoms with Crippen LogP contribution in [0.25, 0.3) is 0 Å². The molecule has 0 bridgehead atoms. The van der Waals surface area contributed by atoms with Crippen LogP contribution in [0.2, 0.25) is 0 Å². The molecular formula is C21H34N2O. The van der Waals surface area contributed by atoms with Crippen LogP contribution in [0.5, 0.6) is 0 Å². The summed E-state index contributed by atoms with van der Waals surface area (Å²) in [5.41, 5.74) is 2.93. The highest BCUT2D eigenvalue weighted by atomic mass is 16.3. The molecule has 3 heteroatoms.